The van der Waals surface area contributed by atoms with E-state index in [-0.39, 0.29) is 0 Å². The summed E-state index contributed by atoms with van der Waals surface area (Å²) < 4.78 is 2.49. The first-order valence-corrected chi connectivity index (χ1v) is 18.8. The number of fused-ring (bicyclic) bond motifs is 4. The van der Waals surface area contributed by atoms with Crippen LogP contribution in [0.2, 0.25) is 0 Å². The van der Waals surface area contributed by atoms with E-state index >= 15 is 0 Å². The molecule has 2 aromatic heterocycles. The Morgan fingerprint density at radius 1 is 0.491 bits per heavy atom. The van der Waals surface area contributed by atoms with E-state index in [1.165, 1.54) is 55.6 Å². The lowest BCUT2D eigenvalue weighted by Crippen LogP contribution is -2.10. The minimum absolute atomic E-state index is 0.667. The first-order chi connectivity index (χ1) is 26.3. The van der Waals surface area contributed by atoms with Crippen molar-refractivity contribution in [1.29, 1.82) is 0 Å². The van der Waals surface area contributed by atoms with Gasteiger partial charge in [-0.15, -0.1) is 0 Å². The monoisotopic (exact) mass is 682 g/mol. The van der Waals surface area contributed by atoms with E-state index in [0.717, 1.165) is 60.9 Å². The van der Waals surface area contributed by atoms with Crippen LogP contribution in [0.3, 0.4) is 0 Å². The first kappa shape index (κ1) is 31.4. The topological polar surface area (TPSA) is 43.6 Å². The molecule has 254 valence electrons. The van der Waals surface area contributed by atoms with Gasteiger partial charge in [0.05, 0.1) is 5.52 Å². The van der Waals surface area contributed by atoms with Crippen LogP contribution in [0.4, 0.5) is 0 Å². The van der Waals surface area contributed by atoms with Gasteiger partial charge >= 0.3 is 0 Å². The highest BCUT2D eigenvalue weighted by Gasteiger charge is 2.28. The van der Waals surface area contributed by atoms with Crippen LogP contribution in [0.1, 0.15) is 54.5 Å². The van der Waals surface area contributed by atoms with Gasteiger partial charge in [-0.2, -0.15) is 0 Å². The molecule has 4 nitrogen and oxygen atoms in total. The number of aromatic nitrogens is 4. The van der Waals surface area contributed by atoms with Gasteiger partial charge in [-0.3, -0.25) is 0 Å². The lowest BCUT2D eigenvalue weighted by Gasteiger charge is -2.26. The van der Waals surface area contributed by atoms with Crippen molar-refractivity contribution in [1.82, 2.24) is 19.5 Å². The maximum Gasteiger partial charge on any atom is 0.164 e. The minimum Gasteiger partial charge on any atom is -0.313 e. The predicted molar refractivity (Wildman–Crippen MR) is 218 cm³/mol. The highest BCUT2D eigenvalue weighted by atomic mass is 15.0. The number of nitrogens with zero attached hydrogens (tertiary/aromatic N) is 4. The summed E-state index contributed by atoms with van der Waals surface area (Å²) >= 11 is 0. The number of hydrogen-bond donors (Lipinski definition) is 0. The molecule has 53 heavy (non-hydrogen) atoms. The fourth-order valence-electron chi connectivity index (χ4n) is 8.40. The van der Waals surface area contributed by atoms with Crippen LogP contribution >= 0.6 is 0 Å². The zero-order valence-corrected chi connectivity index (χ0v) is 29.5. The molecular weight excluding hydrogens is 645 g/mol. The standard InChI is InChI=1S/C49H38N4/c1-4-13-33(14-5-1)34-23-25-35(26-24-34)38-27-29-42-39(31-38)28-30-45-46(42)43-21-10-11-22-44(43)53(45)41-20-12-19-40(32-41)49-51-47(36-15-6-2-7-16-36)50-48(52-49)37-17-8-3-9-18-37/h1-4,6-13,15-26,31-32H,5,14,27-30H2. The van der Waals surface area contributed by atoms with Crippen molar-refractivity contribution in [2.45, 2.75) is 38.5 Å². The Kier molecular flexibility index (Phi) is 7.87. The molecule has 7 aromatic rings. The summed E-state index contributed by atoms with van der Waals surface area (Å²) in [5.74, 6) is 2.01. The molecule has 0 aliphatic heterocycles. The van der Waals surface area contributed by atoms with Gasteiger partial charge in [0, 0.05) is 39.0 Å². The van der Waals surface area contributed by atoms with Gasteiger partial charge in [0.1, 0.15) is 0 Å². The van der Waals surface area contributed by atoms with E-state index in [1.54, 1.807) is 0 Å². The van der Waals surface area contributed by atoms with Crippen molar-refractivity contribution < 1.29 is 0 Å². The molecule has 0 saturated carbocycles. The summed E-state index contributed by atoms with van der Waals surface area (Å²) in [4.78, 5) is 15.0. The predicted octanol–water partition coefficient (Wildman–Crippen LogP) is 12.1. The van der Waals surface area contributed by atoms with Gasteiger partial charge in [0.15, 0.2) is 17.5 Å². The Hall–Kier alpha value is -6.39. The average Bonchev–Trinajstić information content (AvgIpc) is 3.59. The molecule has 0 amide bonds. The quantitative estimate of drug-likeness (QED) is 0.175. The lowest BCUT2D eigenvalue weighted by atomic mass is 9.79. The van der Waals surface area contributed by atoms with Crippen LogP contribution in [-0.4, -0.2) is 19.5 Å². The highest BCUT2D eigenvalue weighted by molar-refractivity contribution is 5.99. The molecule has 0 radical (unpaired) electrons. The van der Waals surface area contributed by atoms with Crippen molar-refractivity contribution in [3.05, 3.63) is 186 Å². The number of para-hydroxylation sites is 1. The fourth-order valence-corrected chi connectivity index (χ4v) is 8.40. The zero-order valence-electron chi connectivity index (χ0n) is 29.5. The lowest BCUT2D eigenvalue weighted by molar-refractivity contribution is 0.845. The second-order valence-corrected chi connectivity index (χ2v) is 14.2. The smallest absolute Gasteiger partial charge is 0.164 e. The van der Waals surface area contributed by atoms with Gasteiger partial charge in [0.2, 0.25) is 0 Å². The van der Waals surface area contributed by atoms with E-state index in [4.69, 9.17) is 15.0 Å². The second kappa shape index (κ2) is 13.3. The van der Waals surface area contributed by atoms with E-state index in [2.05, 4.69) is 126 Å². The molecule has 0 spiro atoms. The second-order valence-electron chi connectivity index (χ2n) is 14.2. The molecule has 3 aliphatic rings. The Balaban J connectivity index is 1.05. The van der Waals surface area contributed by atoms with E-state index in [0.29, 0.717) is 17.5 Å². The maximum absolute atomic E-state index is 5.04. The Morgan fingerprint density at radius 2 is 1.13 bits per heavy atom. The van der Waals surface area contributed by atoms with Crippen LogP contribution in [0.5, 0.6) is 0 Å². The van der Waals surface area contributed by atoms with Crippen LogP contribution in [0.25, 0.3) is 67.5 Å². The molecule has 10 rings (SSSR count). The molecule has 5 aromatic carbocycles. The van der Waals surface area contributed by atoms with Crippen LogP contribution < -0.4 is 0 Å². The molecule has 4 heteroatoms. The molecule has 2 heterocycles. The van der Waals surface area contributed by atoms with E-state index < -0.39 is 0 Å². The Labute approximate surface area is 310 Å². The highest BCUT2D eigenvalue weighted by Crippen LogP contribution is 2.46. The molecule has 0 unspecified atom stereocenters. The SMILES string of the molecule is C1=CCCC(c2ccc(C3=CC4=C(CC3)c3c(n(-c5cccc(-c6nc(-c7ccccc7)nc(-c7ccccc7)n6)c5)c5ccccc35)CC4)cc2)=C1. The summed E-state index contributed by atoms with van der Waals surface area (Å²) in [5.41, 5.74) is 16.7. The molecule has 0 saturated heterocycles. The molecule has 3 aliphatic carbocycles. The van der Waals surface area contributed by atoms with Crippen molar-refractivity contribution in [2.75, 3.05) is 0 Å². The maximum atomic E-state index is 5.04. The average molecular weight is 683 g/mol. The van der Waals surface area contributed by atoms with E-state index in [9.17, 15) is 0 Å². The third kappa shape index (κ3) is 5.77. The molecule has 0 N–H and O–H groups in total. The van der Waals surface area contributed by atoms with Gasteiger partial charge in [-0.05, 0) is 90.1 Å². The van der Waals surface area contributed by atoms with Crippen LogP contribution in [0, 0.1) is 0 Å². The molecule has 0 bridgehead atoms. The molecule has 0 fully saturated rings. The molecule has 0 atom stereocenters. The number of allylic oxidation sites excluding steroid dienone is 8. The van der Waals surface area contributed by atoms with Crippen molar-refractivity contribution in [2.24, 2.45) is 0 Å². The summed E-state index contributed by atoms with van der Waals surface area (Å²) in [6.07, 6.45) is 15.6. The Morgan fingerprint density at radius 3 is 1.83 bits per heavy atom. The minimum atomic E-state index is 0.667. The Bertz CT molecular complexity index is 2580. The normalized spacial score (nSPS) is 15.2. The number of benzene rings is 5. The van der Waals surface area contributed by atoms with Crippen LogP contribution in [0.15, 0.2) is 163 Å². The van der Waals surface area contributed by atoms with Gasteiger partial charge in [0.25, 0.3) is 0 Å². The summed E-state index contributed by atoms with van der Waals surface area (Å²) in [6.45, 7) is 0. The third-order valence-corrected chi connectivity index (χ3v) is 11.0. The summed E-state index contributed by atoms with van der Waals surface area (Å²) in [5, 5.41) is 1.33. The van der Waals surface area contributed by atoms with Gasteiger partial charge in [-0.1, -0.05) is 140 Å². The summed E-state index contributed by atoms with van der Waals surface area (Å²) in [7, 11) is 0. The largest absolute Gasteiger partial charge is 0.313 e. The van der Waals surface area contributed by atoms with Crippen LogP contribution in [-0.2, 0) is 6.42 Å². The number of hydrogen-bond acceptors (Lipinski definition) is 3. The third-order valence-electron chi connectivity index (χ3n) is 11.0. The van der Waals surface area contributed by atoms with E-state index in [1.807, 2.05) is 36.4 Å². The van der Waals surface area contributed by atoms with Gasteiger partial charge in [-0.25, -0.2) is 15.0 Å². The fraction of sp³-hybridized carbons (Fsp3) is 0.122. The zero-order chi connectivity index (χ0) is 35.1. The molecular formula is C49H38N4. The van der Waals surface area contributed by atoms with Crippen molar-refractivity contribution in [3.63, 3.8) is 0 Å². The summed E-state index contributed by atoms with van der Waals surface area (Å²) in [6, 6.07) is 47.3. The van der Waals surface area contributed by atoms with Gasteiger partial charge < -0.3 is 4.57 Å². The number of rotatable bonds is 6. The van der Waals surface area contributed by atoms with Crippen molar-refractivity contribution >= 4 is 27.6 Å². The van der Waals surface area contributed by atoms with Crippen molar-refractivity contribution in [3.8, 4) is 39.9 Å². The first-order valence-electron chi connectivity index (χ1n) is 18.8.